The van der Waals surface area contributed by atoms with Gasteiger partial charge in [0, 0.05) is 16.9 Å². The van der Waals surface area contributed by atoms with Crippen molar-refractivity contribution in [3.05, 3.63) is 19.9 Å². The van der Waals surface area contributed by atoms with Gasteiger partial charge in [-0.3, -0.25) is 4.79 Å². The highest BCUT2D eigenvalue weighted by Crippen LogP contribution is 2.31. The molecular formula is C12H15IOS. The van der Waals surface area contributed by atoms with Crippen LogP contribution in [0.2, 0.25) is 0 Å². The second-order valence-corrected chi connectivity index (χ2v) is 7.27. The van der Waals surface area contributed by atoms with E-state index in [1.807, 2.05) is 11.4 Å². The van der Waals surface area contributed by atoms with Crippen LogP contribution in [0.1, 0.15) is 43.0 Å². The average Bonchev–Trinajstić information content (AvgIpc) is 2.65. The third kappa shape index (κ3) is 2.81. The molecule has 3 heteroatoms. The Morgan fingerprint density at radius 3 is 2.60 bits per heavy atom. The van der Waals surface area contributed by atoms with Crippen molar-refractivity contribution in [1.29, 1.82) is 0 Å². The summed E-state index contributed by atoms with van der Waals surface area (Å²) >= 11 is 3.94. The summed E-state index contributed by atoms with van der Waals surface area (Å²) in [6.45, 7) is 2.29. The lowest BCUT2D eigenvalue weighted by molar-refractivity contribution is 0.0876. The number of carbonyl (C=O) groups is 1. The molecule has 2 rings (SSSR count). The van der Waals surface area contributed by atoms with E-state index in [1.165, 1.54) is 15.7 Å². The van der Waals surface area contributed by atoms with Gasteiger partial charge in [-0.25, -0.2) is 0 Å². The number of thiophene rings is 1. The van der Waals surface area contributed by atoms with E-state index in [9.17, 15) is 4.79 Å². The molecule has 82 valence electrons. The Morgan fingerprint density at radius 1 is 1.40 bits per heavy atom. The third-order valence-corrected chi connectivity index (χ3v) is 5.03. The Morgan fingerprint density at radius 2 is 2.07 bits per heavy atom. The molecule has 1 heterocycles. The van der Waals surface area contributed by atoms with Gasteiger partial charge in [-0.05, 0) is 47.4 Å². The van der Waals surface area contributed by atoms with Crippen molar-refractivity contribution < 1.29 is 4.79 Å². The largest absolute Gasteiger partial charge is 0.294 e. The fourth-order valence-corrected chi connectivity index (χ4v) is 3.53. The van der Waals surface area contributed by atoms with Gasteiger partial charge in [-0.2, -0.15) is 0 Å². The molecule has 1 fully saturated rings. The van der Waals surface area contributed by atoms with Crippen molar-refractivity contribution in [2.75, 3.05) is 0 Å². The standard InChI is InChI=1S/C12H15IOS/c1-8-2-4-9(5-3-8)12(14)10-6-11(13)15-7-10/h6-9H,2-5H2,1H3. The van der Waals surface area contributed by atoms with E-state index in [2.05, 4.69) is 29.5 Å². The van der Waals surface area contributed by atoms with Crippen molar-refractivity contribution in [3.63, 3.8) is 0 Å². The predicted molar refractivity (Wildman–Crippen MR) is 72.5 cm³/mol. The molecule has 0 aliphatic heterocycles. The van der Waals surface area contributed by atoms with E-state index in [-0.39, 0.29) is 0 Å². The van der Waals surface area contributed by atoms with Crippen LogP contribution in [-0.2, 0) is 0 Å². The summed E-state index contributed by atoms with van der Waals surface area (Å²) < 4.78 is 1.21. The van der Waals surface area contributed by atoms with Gasteiger partial charge >= 0.3 is 0 Å². The maximum Gasteiger partial charge on any atom is 0.166 e. The molecule has 0 unspecified atom stereocenters. The van der Waals surface area contributed by atoms with Crippen LogP contribution in [0.15, 0.2) is 11.4 Å². The van der Waals surface area contributed by atoms with E-state index in [4.69, 9.17) is 0 Å². The normalized spacial score (nSPS) is 26.5. The highest BCUT2D eigenvalue weighted by atomic mass is 127. The molecule has 0 bridgehead atoms. The van der Waals surface area contributed by atoms with E-state index >= 15 is 0 Å². The molecule has 1 aromatic heterocycles. The Balaban J connectivity index is 2.02. The monoisotopic (exact) mass is 334 g/mol. The van der Waals surface area contributed by atoms with Crippen LogP contribution in [0.5, 0.6) is 0 Å². The molecule has 0 N–H and O–H groups in total. The zero-order chi connectivity index (χ0) is 10.8. The molecule has 1 aromatic rings. The maximum atomic E-state index is 12.1. The van der Waals surface area contributed by atoms with Crippen LogP contribution >= 0.6 is 33.9 Å². The summed E-state index contributed by atoms with van der Waals surface area (Å²) in [5.74, 6) is 1.49. The second kappa shape index (κ2) is 4.95. The summed E-state index contributed by atoms with van der Waals surface area (Å²) in [4.78, 5) is 12.1. The molecule has 1 aliphatic rings. The summed E-state index contributed by atoms with van der Waals surface area (Å²) in [5, 5.41) is 2.00. The highest BCUT2D eigenvalue weighted by Gasteiger charge is 2.25. The van der Waals surface area contributed by atoms with Gasteiger partial charge in [-0.15, -0.1) is 11.3 Å². The molecule has 0 spiro atoms. The fourth-order valence-electron chi connectivity index (χ4n) is 2.20. The number of ketones is 1. The molecule has 1 aliphatic carbocycles. The lowest BCUT2D eigenvalue weighted by Gasteiger charge is -2.24. The molecule has 0 radical (unpaired) electrons. The van der Waals surface area contributed by atoms with Crippen LogP contribution in [0.25, 0.3) is 0 Å². The topological polar surface area (TPSA) is 17.1 Å². The first-order valence-corrected chi connectivity index (χ1v) is 7.41. The Bertz CT molecular complexity index is 350. The van der Waals surface area contributed by atoms with Gasteiger partial charge in [0.2, 0.25) is 0 Å². The molecule has 1 saturated carbocycles. The highest BCUT2D eigenvalue weighted by molar-refractivity contribution is 14.1. The van der Waals surface area contributed by atoms with E-state index < -0.39 is 0 Å². The van der Waals surface area contributed by atoms with E-state index in [1.54, 1.807) is 11.3 Å². The van der Waals surface area contributed by atoms with Gasteiger partial charge in [0.05, 0.1) is 2.88 Å². The number of hydrogen-bond donors (Lipinski definition) is 0. The molecule has 0 aromatic carbocycles. The van der Waals surface area contributed by atoms with Gasteiger partial charge in [0.15, 0.2) is 5.78 Å². The molecule has 15 heavy (non-hydrogen) atoms. The average molecular weight is 334 g/mol. The quantitative estimate of drug-likeness (QED) is 0.580. The van der Waals surface area contributed by atoms with E-state index in [0.717, 1.165) is 24.3 Å². The van der Waals surface area contributed by atoms with Gasteiger partial charge in [-0.1, -0.05) is 19.8 Å². The first kappa shape index (κ1) is 11.6. The van der Waals surface area contributed by atoms with Gasteiger partial charge in [0.25, 0.3) is 0 Å². The Kier molecular flexibility index (Phi) is 3.83. The fraction of sp³-hybridized carbons (Fsp3) is 0.583. The zero-order valence-corrected chi connectivity index (χ0v) is 11.8. The lowest BCUT2D eigenvalue weighted by Crippen LogP contribution is -2.20. The number of halogens is 1. The molecule has 0 amide bonds. The Labute approximate surface area is 108 Å². The lowest BCUT2D eigenvalue weighted by atomic mass is 9.80. The number of Topliss-reactive ketones (excluding diaryl/α,β-unsaturated/α-hetero) is 1. The maximum absolute atomic E-state index is 12.1. The summed E-state index contributed by atoms with van der Waals surface area (Å²) in [7, 11) is 0. The molecular weight excluding hydrogens is 319 g/mol. The SMILES string of the molecule is CC1CCC(C(=O)c2csc(I)c2)CC1. The third-order valence-electron chi connectivity index (χ3n) is 3.24. The number of rotatable bonds is 2. The van der Waals surface area contributed by atoms with Gasteiger partial charge < -0.3 is 0 Å². The Hall–Kier alpha value is 0.1000. The van der Waals surface area contributed by atoms with Crippen molar-refractivity contribution >= 4 is 39.7 Å². The van der Waals surface area contributed by atoms with Crippen LogP contribution in [-0.4, -0.2) is 5.78 Å². The predicted octanol–water partition coefficient (Wildman–Crippen LogP) is 4.36. The van der Waals surface area contributed by atoms with Crippen LogP contribution in [0.3, 0.4) is 0 Å². The van der Waals surface area contributed by atoms with Gasteiger partial charge in [0.1, 0.15) is 0 Å². The molecule has 1 nitrogen and oxygen atoms in total. The summed E-state index contributed by atoms with van der Waals surface area (Å²) in [5.41, 5.74) is 0.934. The van der Waals surface area contributed by atoms with Crippen molar-refractivity contribution in [1.82, 2.24) is 0 Å². The van der Waals surface area contributed by atoms with Crippen LogP contribution in [0.4, 0.5) is 0 Å². The summed E-state index contributed by atoms with van der Waals surface area (Å²) in [6.07, 6.45) is 4.62. The van der Waals surface area contributed by atoms with Crippen LogP contribution < -0.4 is 0 Å². The second-order valence-electron chi connectivity index (χ2n) is 4.46. The van der Waals surface area contributed by atoms with Crippen LogP contribution in [0, 0.1) is 14.7 Å². The zero-order valence-electron chi connectivity index (χ0n) is 8.83. The first-order valence-electron chi connectivity index (χ1n) is 5.45. The van der Waals surface area contributed by atoms with E-state index in [0.29, 0.717) is 11.7 Å². The van der Waals surface area contributed by atoms with Crippen molar-refractivity contribution in [2.24, 2.45) is 11.8 Å². The summed E-state index contributed by atoms with van der Waals surface area (Å²) in [6, 6.07) is 2.02. The van der Waals surface area contributed by atoms with Crippen molar-refractivity contribution in [3.8, 4) is 0 Å². The number of hydrogen-bond acceptors (Lipinski definition) is 2. The molecule has 0 saturated heterocycles. The van der Waals surface area contributed by atoms with Crippen molar-refractivity contribution in [2.45, 2.75) is 32.6 Å². The minimum atomic E-state index is 0.298. The minimum absolute atomic E-state index is 0.298. The minimum Gasteiger partial charge on any atom is -0.294 e. The molecule has 0 atom stereocenters. The number of carbonyl (C=O) groups excluding carboxylic acids is 1. The first-order chi connectivity index (χ1) is 7.16. The smallest absolute Gasteiger partial charge is 0.166 e.